The molecule has 0 unspecified atom stereocenters. The molecule has 76 valence electrons. The molecule has 0 spiro atoms. The van der Waals surface area contributed by atoms with Crippen LogP contribution in [-0.2, 0) is 4.79 Å². The van der Waals surface area contributed by atoms with Crippen molar-refractivity contribution in [1.29, 1.82) is 0 Å². The molecule has 0 bridgehead atoms. The number of nitrogens with two attached hydrogens (primary N) is 1. The summed E-state index contributed by atoms with van der Waals surface area (Å²) in [6, 6.07) is 6.39. The molecule has 3 N–H and O–H groups in total. The Morgan fingerprint density at radius 1 is 1.50 bits per heavy atom. The first-order valence-electron chi connectivity index (χ1n) is 4.36. The van der Waals surface area contributed by atoms with Crippen molar-refractivity contribution in [1.82, 2.24) is 0 Å². The molecule has 3 nitrogen and oxygen atoms in total. The van der Waals surface area contributed by atoms with Crippen molar-refractivity contribution in [2.45, 2.75) is 17.9 Å². The lowest BCUT2D eigenvalue weighted by Crippen LogP contribution is -2.20. The van der Waals surface area contributed by atoms with E-state index in [1.807, 2.05) is 12.1 Å². The summed E-state index contributed by atoms with van der Waals surface area (Å²) in [5, 5.41) is 8.68. The van der Waals surface area contributed by atoms with Gasteiger partial charge in [0.1, 0.15) is 6.04 Å². The minimum atomic E-state index is -0.999. The fraction of sp³-hybridized carbons (Fsp3) is 0.300. The van der Waals surface area contributed by atoms with Crippen molar-refractivity contribution in [2.75, 3.05) is 5.75 Å². The van der Waals surface area contributed by atoms with Gasteiger partial charge in [-0.15, -0.1) is 11.8 Å². The molecule has 0 aromatic heterocycles. The molecule has 0 aliphatic carbocycles. The smallest absolute Gasteiger partial charge is 0.325 e. The zero-order chi connectivity index (χ0) is 10.6. The number of carbonyl (C=O) groups is 1. The van der Waals surface area contributed by atoms with E-state index in [0.717, 1.165) is 10.6 Å². The van der Waals surface area contributed by atoms with E-state index in [1.54, 1.807) is 23.9 Å². The Hall–Kier alpha value is -1.00. The Kier molecular flexibility index (Phi) is 3.98. The van der Waals surface area contributed by atoms with E-state index >= 15 is 0 Å². The van der Waals surface area contributed by atoms with Crippen LogP contribution in [0.5, 0.6) is 0 Å². The molecule has 0 saturated carbocycles. The van der Waals surface area contributed by atoms with Crippen LogP contribution < -0.4 is 5.73 Å². The summed E-state index contributed by atoms with van der Waals surface area (Å²) in [7, 11) is 0. The van der Waals surface area contributed by atoms with Gasteiger partial charge in [-0.05, 0) is 23.4 Å². The first kappa shape index (κ1) is 11.1. The Balaban J connectivity index is 2.77. The second kappa shape index (κ2) is 5.02. The summed E-state index contributed by atoms with van der Waals surface area (Å²) < 4.78 is 0. The molecule has 1 atom stereocenters. The average molecular weight is 211 g/mol. The minimum absolute atomic E-state index is 0.637. The summed E-state index contributed by atoms with van der Waals surface area (Å²) >= 11 is 1.72. The molecule has 1 aromatic carbocycles. The number of benzene rings is 1. The summed E-state index contributed by atoms with van der Waals surface area (Å²) in [5.41, 5.74) is 6.09. The van der Waals surface area contributed by atoms with E-state index in [1.165, 1.54) is 0 Å². The molecule has 1 aromatic rings. The molecular formula is C10H13NO2S. The van der Waals surface area contributed by atoms with Gasteiger partial charge in [0.05, 0.1) is 0 Å². The van der Waals surface area contributed by atoms with Gasteiger partial charge in [-0.1, -0.05) is 19.1 Å². The predicted octanol–water partition coefficient (Wildman–Crippen LogP) is 1.88. The van der Waals surface area contributed by atoms with Crippen LogP contribution in [0.1, 0.15) is 18.5 Å². The van der Waals surface area contributed by atoms with Crippen molar-refractivity contribution >= 4 is 17.7 Å². The van der Waals surface area contributed by atoms with Gasteiger partial charge in [-0.3, -0.25) is 4.79 Å². The molecule has 0 saturated heterocycles. The number of hydrogen-bond donors (Lipinski definition) is 2. The highest BCUT2D eigenvalue weighted by molar-refractivity contribution is 7.99. The second-order valence-corrected chi connectivity index (χ2v) is 4.16. The average Bonchev–Trinajstić information content (AvgIpc) is 2.18. The van der Waals surface area contributed by atoms with Gasteiger partial charge in [0.15, 0.2) is 0 Å². The highest BCUT2D eigenvalue weighted by Gasteiger charge is 2.13. The van der Waals surface area contributed by atoms with E-state index in [4.69, 9.17) is 10.8 Å². The van der Waals surface area contributed by atoms with Crippen molar-refractivity contribution in [3.05, 3.63) is 29.8 Å². The van der Waals surface area contributed by atoms with Crippen LogP contribution in [0.3, 0.4) is 0 Å². The molecule has 0 fully saturated rings. The quantitative estimate of drug-likeness (QED) is 0.746. The molecule has 0 heterocycles. The molecule has 0 amide bonds. The third-order valence-electron chi connectivity index (χ3n) is 1.82. The highest BCUT2D eigenvalue weighted by atomic mass is 32.2. The first-order chi connectivity index (χ1) is 6.65. The summed E-state index contributed by atoms with van der Waals surface area (Å²) in [4.78, 5) is 11.7. The zero-order valence-corrected chi connectivity index (χ0v) is 8.75. The van der Waals surface area contributed by atoms with Crippen LogP contribution in [-0.4, -0.2) is 16.8 Å². The van der Waals surface area contributed by atoms with Gasteiger partial charge in [0.2, 0.25) is 0 Å². The molecule has 0 aliphatic heterocycles. The Labute approximate surface area is 87.3 Å². The van der Waals surface area contributed by atoms with Gasteiger partial charge in [-0.25, -0.2) is 0 Å². The lowest BCUT2D eigenvalue weighted by atomic mass is 10.1. The molecule has 0 radical (unpaired) electrons. The maximum absolute atomic E-state index is 10.6. The van der Waals surface area contributed by atoms with E-state index in [-0.39, 0.29) is 0 Å². The van der Waals surface area contributed by atoms with Gasteiger partial charge >= 0.3 is 5.97 Å². The summed E-state index contributed by atoms with van der Waals surface area (Å²) in [6.45, 7) is 2.07. The number of aliphatic carboxylic acids is 1. The summed E-state index contributed by atoms with van der Waals surface area (Å²) in [6.07, 6.45) is 0. The SMILES string of the molecule is CCSc1ccc([C@H](N)C(=O)O)cc1. The number of carboxylic acid groups (broad SMARTS) is 1. The van der Waals surface area contributed by atoms with E-state index in [9.17, 15) is 4.79 Å². The fourth-order valence-electron chi connectivity index (χ4n) is 1.08. The summed E-state index contributed by atoms with van der Waals surface area (Å²) in [5.74, 6) is 0.00512. The van der Waals surface area contributed by atoms with E-state index in [0.29, 0.717) is 5.56 Å². The van der Waals surface area contributed by atoms with Gasteiger partial charge in [-0.2, -0.15) is 0 Å². The zero-order valence-electron chi connectivity index (χ0n) is 7.93. The Morgan fingerprint density at radius 2 is 2.07 bits per heavy atom. The van der Waals surface area contributed by atoms with E-state index in [2.05, 4.69) is 6.92 Å². The maximum atomic E-state index is 10.6. The first-order valence-corrected chi connectivity index (χ1v) is 5.35. The van der Waals surface area contributed by atoms with Gasteiger partial charge in [0.25, 0.3) is 0 Å². The van der Waals surface area contributed by atoms with Crippen LogP contribution in [0, 0.1) is 0 Å². The van der Waals surface area contributed by atoms with Crippen molar-refractivity contribution < 1.29 is 9.90 Å². The van der Waals surface area contributed by atoms with Gasteiger partial charge in [0, 0.05) is 4.90 Å². The third kappa shape index (κ3) is 2.75. The van der Waals surface area contributed by atoms with Crippen LogP contribution in [0.25, 0.3) is 0 Å². The van der Waals surface area contributed by atoms with Crippen LogP contribution in [0.2, 0.25) is 0 Å². The van der Waals surface area contributed by atoms with Gasteiger partial charge < -0.3 is 10.8 Å². The monoisotopic (exact) mass is 211 g/mol. The normalized spacial score (nSPS) is 12.4. The lowest BCUT2D eigenvalue weighted by Gasteiger charge is -2.06. The topological polar surface area (TPSA) is 63.3 Å². The Bertz CT molecular complexity index is 310. The predicted molar refractivity (Wildman–Crippen MR) is 57.4 cm³/mol. The second-order valence-electron chi connectivity index (χ2n) is 2.82. The van der Waals surface area contributed by atoms with Crippen molar-refractivity contribution in [3.63, 3.8) is 0 Å². The number of rotatable bonds is 4. The van der Waals surface area contributed by atoms with Crippen LogP contribution >= 0.6 is 11.8 Å². The van der Waals surface area contributed by atoms with Crippen LogP contribution in [0.15, 0.2) is 29.2 Å². The van der Waals surface area contributed by atoms with Crippen molar-refractivity contribution in [3.8, 4) is 0 Å². The minimum Gasteiger partial charge on any atom is -0.480 e. The molecular weight excluding hydrogens is 198 g/mol. The molecule has 1 rings (SSSR count). The lowest BCUT2D eigenvalue weighted by molar-refractivity contribution is -0.138. The number of thioether (sulfide) groups is 1. The van der Waals surface area contributed by atoms with Crippen LogP contribution in [0.4, 0.5) is 0 Å². The highest BCUT2D eigenvalue weighted by Crippen LogP contribution is 2.19. The molecule has 4 heteroatoms. The van der Waals surface area contributed by atoms with Crippen molar-refractivity contribution in [2.24, 2.45) is 5.73 Å². The molecule has 14 heavy (non-hydrogen) atoms. The largest absolute Gasteiger partial charge is 0.480 e. The number of hydrogen-bond acceptors (Lipinski definition) is 3. The fourth-order valence-corrected chi connectivity index (χ4v) is 1.74. The maximum Gasteiger partial charge on any atom is 0.325 e. The third-order valence-corrected chi connectivity index (χ3v) is 2.71. The number of carboxylic acids is 1. The standard InChI is InChI=1S/C10H13NO2S/c1-2-14-8-5-3-7(4-6-8)9(11)10(12)13/h3-6,9H,2,11H2,1H3,(H,12,13)/t9-/m0/s1. The molecule has 0 aliphatic rings. The van der Waals surface area contributed by atoms with E-state index < -0.39 is 12.0 Å². The Morgan fingerprint density at radius 3 is 2.50 bits per heavy atom.